The van der Waals surface area contributed by atoms with Crippen molar-refractivity contribution in [1.29, 1.82) is 0 Å². The molecule has 1 amide bonds. The summed E-state index contributed by atoms with van der Waals surface area (Å²) >= 11 is 0. The van der Waals surface area contributed by atoms with Crippen molar-refractivity contribution in [2.24, 2.45) is 0 Å². The Morgan fingerprint density at radius 2 is 1.84 bits per heavy atom. The molecule has 11 heteroatoms. The number of hydrogen-bond acceptors (Lipinski definition) is 6. The number of carbonyl (C=O) groups excluding carboxylic acids is 1. The van der Waals surface area contributed by atoms with E-state index in [9.17, 15) is 18.0 Å². The molecule has 1 aliphatic rings. The van der Waals surface area contributed by atoms with Gasteiger partial charge >= 0.3 is 6.18 Å². The third-order valence-electron chi connectivity index (χ3n) is 5.31. The topological polar surface area (TPSA) is 88.8 Å². The van der Waals surface area contributed by atoms with E-state index in [-0.39, 0.29) is 23.8 Å². The van der Waals surface area contributed by atoms with Crippen molar-refractivity contribution in [3.8, 4) is 5.69 Å². The van der Waals surface area contributed by atoms with E-state index in [1.165, 1.54) is 23.3 Å². The Balaban J connectivity index is 1.52. The zero-order valence-corrected chi connectivity index (χ0v) is 16.6. The minimum atomic E-state index is -4.54. The SMILES string of the molecule is C[C@@H]1[C@@H](Nc2ccc(C(F)(F)F)nn2)CCCN1C(=O)c1ccccc1-n1nccn1. The molecule has 8 nitrogen and oxygen atoms in total. The van der Waals surface area contributed by atoms with Crippen LogP contribution in [0.25, 0.3) is 5.69 Å². The fourth-order valence-corrected chi connectivity index (χ4v) is 3.70. The van der Waals surface area contributed by atoms with E-state index < -0.39 is 11.9 Å². The van der Waals surface area contributed by atoms with Gasteiger partial charge in [0.15, 0.2) is 5.69 Å². The summed E-state index contributed by atoms with van der Waals surface area (Å²) in [5, 5.41) is 18.2. The van der Waals surface area contributed by atoms with Gasteiger partial charge in [0.1, 0.15) is 5.82 Å². The monoisotopic (exact) mass is 431 g/mol. The number of nitrogens with zero attached hydrogens (tertiary/aromatic N) is 6. The highest BCUT2D eigenvalue weighted by molar-refractivity contribution is 5.98. The van der Waals surface area contributed by atoms with Gasteiger partial charge in [0.25, 0.3) is 5.91 Å². The first-order chi connectivity index (χ1) is 14.8. The van der Waals surface area contributed by atoms with Crippen LogP contribution < -0.4 is 5.32 Å². The maximum atomic E-state index is 13.4. The molecule has 1 aliphatic heterocycles. The minimum absolute atomic E-state index is 0.162. The molecule has 4 rings (SSSR count). The molecule has 0 aliphatic carbocycles. The third-order valence-corrected chi connectivity index (χ3v) is 5.31. The summed E-state index contributed by atoms with van der Waals surface area (Å²) in [6.45, 7) is 2.47. The van der Waals surface area contributed by atoms with Crippen LogP contribution in [0.2, 0.25) is 0 Å². The van der Waals surface area contributed by atoms with E-state index in [1.807, 2.05) is 13.0 Å². The number of piperidine rings is 1. The van der Waals surface area contributed by atoms with Crippen molar-refractivity contribution in [3.05, 3.63) is 60.0 Å². The molecule has 0 bridgehead atoms. The number of rotatable bonds is 4. The Morgan fingerprint density at radius 1 is 1.10 bits per heavy atom. The summed E-state index contributed by atoms with van der Waals surface area (Å²) in [4.78, 5) is 16.5. The van der Waals surface area contributed by atoms with Crippen LogP contribution in [0, 0.1) is 0 Å². The molecule has 3 heterocycles. The minimum Gasteiger partial charge on any atom is -0.364 e. The quantitative estimate of drug-likeness (QED) is 0.683. The van der Waals surface area contributed by atoms with Crippen LogP contribution in [0.1, 0.15) is 35.8 Å². The molecule has 2 aromatic heterocycles. The third kappa shape index (κ3) is 4.35. The van der Waals surface area contributed by atoms with Crippen molar-refractivity contribution in [3.63, 3.8) is 0 Å². The standard InChI is InChI=1S/C20H20F3N7O/c1-13-15(26-18-9-8-17(27-28-18)20(21,22)23)6-4-12-29(13)19(31)14-5-2-3-7-16(14)30-24-10-11-25-30/h2-3,5,7-11,13,15H,4,6,12H2,1H3,(H,26,28)/t13-,15+/m1/s1. The molecular weight excluding hydrogens is 411 g/mol. The second-order valence-corrected chi connectivity index (χ2v) is 7.27. The van der Waals surface area contributed by atoms with Crippen LogP contribution in [-0.4, -0.2) is 54.6 Å². The van der Waals surface area contributed by atoms with Crippen molar-refractivity contribution in [2.75, 3.05) is 11.9 Å². The lowest BCUT2D eigenvalue weighted by Gasteiger charge is -2.40. The predicted molar refractivity (Wildman–Crippen MR) is 106 cm³/mol. The van der Waals surface area contributed by atoms with Gasteiger partial charge in [-0.05, 0) is 44.0 Å². The number of halogens is 3. The van der Waals surface area contributed by atoms with E-state index in [4.69, 9.17) is 0 Å². The number of nitrogens with one attached hydrogen (secondary N) is 1. The van der Waals surface area contributed by atoms with E-state index in [0.717, 1.165) is 18.9 Å². The van der Waals surface area contributed by atoms with Gasteiger partial charge in [0.2, 0.25) is 0 Å². The molecule has 0 saturated carbocycles. The van der Waals surface area contributed by atoms with Gasteiger partial charge < -0.3 is 10.2 Å². The Kier molecular flexibility index (Phi) is 5.57. The first-order valence-corrected chi connectivity index (χ1v) is 9.79. The lowest BCUT2D eigenvalue weighted by molar-refractivity contribution is -0.141. The van der Waals surface area contributed by atoms with Gasteiger partial charge in [-0.2, -0.15) is 28.2 Å². The highest BCUT2D eigenvalue weighted by Gasteiger charge is 2.34. The Hall–Kier alpha value is -3.50. The van der Waals surface area contributed by atoms with Crippen molar-refractivity contribution in [1.82, 2.24) is 30.1 Å². The van der Waals surface area contributed by atoms with Crippen LogP contribution in [0.4, 0.5) is 19.0 Å². The van der Waals surface area contributed by atoms with Gasteiger partial charge in [-0.3, -0.25) is 4.79 Å². The van der Waals surface area contributed by atoms with Crippen LogP contribution >= 0.6 is 0 Å². The predicted octanol–water partition coefficient (Wildman–Crippen LogP) is 3.18. The number of alkyl halides is 3. The van der Waals surface area contributed by atoms with Gasteiger partial charge in [-0.1, -0.05) is 12.1 Å². The Labute approximate surface area is 176 Å². The molecule has 1 N–H and O–H groups in total. The number of anilines is 1. The lowest BCUT2D eigenvalue weighted by Crippen LogP contribution is -2.52. The average Bonchev–Trinajstić information content (AvgIpc) is 3.29. The second kappa shape index (κ2) is 8.32. The molecule has 31 heavy (non-hydrogen) atoms. The second-order valence-electron chi connectivity index (χ2n) is 7.27. The smallest absolute Gasteiger partial charge is 0.364 e. The highest BCUT2D eigenvalue weighted by Crippen LogP contribution is 2.28. The van der Waals surface area contributed by atoms with Gasteiger partial charge in [-0.25, -0.2) is 0 Å². The summed E-state index contributed by atoms with van der Waals surface area (Å²) in [7, 11) is 0. The Morgan fingerprint density at radius 3 is 2.52 bits per heavy atom. The van der Waals surface area contributed by atoms with E-state index in [0.29, 0.717) is 17.8 Å². The molecule has 0 unspecified atom stereocenters. The normalized spacial score (nSPS) is 19.3. The number of benzene rings is 1. The molecule has 162 valence electrons. The largest absolute Gasteiger partial charge is 0.435 e. The molecule has 0 radical (unpaired) electrons. The van der Waals surface area contributed by atoms with Crippen LogP contribution in [0.15, 0.2) is 48.8 Å². The summed E-state index contributed by atoms with van der Waals surface area (Å²) in [6, 6.07) is 8.83. The van der Waals surface area contributed by atoms with Crippen LogP contribution in [-0.2, 0) is 6.18 Å². The Bertz CT molecular complexity index is 1040. The fourth-order valence-electron chi connectivity index (χ4n) is 3.70. The summed E-state index contributed by atoms with van der Waals surface area (Å²) < 4.78 is 38.1. The lowest BCUT2D eigenvalue weighted by atomic mass is 9.96. The number of amides is 1. The average molecular weight is 431 g/mol. The van der Waals surface area contributed by atoms with E-state index >= 15 is 0 Å². The number of hydrogen-bond donors (Lipinski definition) is 1. The molecular formula is C20H20F3N7O. The molecule has 0 spiro atoms. The number of para-hydroxylation sites is 1. The van der Waals surface area contributed by atoms with E-state index in [2.05, 4.69) is 25.7 Å². The maximum Gasteiger partial charge on any atom is 0.435 e. The maximum absolute atomic E-state index is 13.4. The fraction of sp³-hybridized carbons (Fsp3) is 0.350. The first-order valence-electron chi connectivity index (χ1n) is 9.79. The first kappa shape index (κ1) is 20.8. The van der Waals surface area contributed by atoms with Crippen LogP contribution in [0.3, 0.4) is 0 Å². The van der Waals surface area contributed by atoms with Crippen molar-refractivity contribution in [2.45, 2.75) is 38.0 Å². The molecule has 1 saturated heterocycles. The molecule has 2 atom stereocenters. The zero-order valence-electron chi connectivity index (χ0n) is 16.6. The summed E-state index contributed by atoms with van der Waals surface area (Å²) in [6.07, 6.45) is 0.0232. The molecule has 1 fully saturated rings. The number of carbonyl (C=O) groups is 1. The van der Waals surface area contributed by atoms with Gasteiger partial charge in [0.05, 0.1) is 23.6 Å². The van der Waals surface area contributed by atoms with Gasteiger partial charge in [0, 0.05) is 18.6 Å². The van der Waals surface area contributed by atoms with Gasteiger partial charge in [-0.15, -0.1) is 10.2 Å². The van der Waals surface area contributed by atoms with Crippen molar-refractivity contribution >= 4 is 11.7 Å². The summed E-state index contributed by atoms with van der Waals surface area (Å²) in [5.74, 6) is 0.0747. The number of likely N-dealkylation sites (tertiary alicyclic amines) is 1. The van der Waals surface area contributed by atoms with Crippen molar-refractivity contribution < 1.29 is 18.0 Å². The highest BCUT2D eigenvalue weighted by atomic mass is 19.4. The molecule has 3 aromatic rings. The van der Waals surface area contributed by atoms with E-state index in [1.54, 1.807) is 23.1 Å². The summed E-state index contributed by atoms with van der Waals surface area (Å²) in [5.41, 5.74) is 0.00398. The molecule has 1 aromatic carbocycles. The van der Waals surface area contributed by atoms with Crippen LogP contribution in [0.5, 0.6) is 0 Å². The zero-order chi connectivity index (χ0) is 22.0. The number of aromatic nitrogens is 5.